The number of carbonyl (C=O) groups excluding carboxylic acids is 1. The molecular weight excluding hydrogens is 441 g/mol. The number of rotatable bonds is 6. The molecule has 1 fully saturated rings. The third-order valence-corrected chi connectivity index (χ3v) is 7.43. The smallest absolute Gasteiger partial charge is 0.299 e. The van der Waals surface area contributed by atoms with Gasteiger partial charge in [-0.15, -0.1) is 10.2 Å². The van der Waals surface area contributed by atoms with Crippen LogP contribution in [0.15, 0.2) is 29.2 Å². The molecule has 1 aromatic heterocycles. The summed E-state index contributed by atoms with van der Waals surface area (Å²) in [5, 5.41) is 11.5. The van der Waals surface area contributed by atoms with Gasteiger partial charge in [0.1, 0.15) is 5.01 Å². The molecule has 0 aliphatic heterocycles. The van der Waals surface area contributed by atoms with E-state index in [1.54, 1.807) is 0 Å². The Bertz CT molecular complexity index is 1000. The van der Waals surface area contributed by atoms with Crippen molar-refractivity contribution < 1.29 is 26.4 Å². The van der Waals surface area contributed by atoms with Gasteiger partial charge in [-0.2, -0.15) is 17.9 Å². The molecule has 0 radical (unpaired) electrons. The highest BCUT2D eigenvalue weighted by Crippen LogP contribution is 2.35. The lowest BCUT2D eigenvalue weighted by atomic mass is 9.90. The zero-order chi connectivity index (χ0) is 21.9. The fourth-order valence-corrected chi connectivity index (χ4v) is 5.64. The molecule has 1 atom stereocenters. The van der Waals surface area contributed by atoms with Crippen LogP contribution in [0, 0.1) is 0 Å². The van der Waals surface area contributed by atoms with E-state index in [2.05, 4.69) is 15.5 Å². The SMILES string of the molecule is CC(NS(=O)(=O)c1ccccc1C(F)(F)F)C(=O)Nc1nnc(C2CCCCC2)s1. The highest BCUT2D eigenvalue weighted by Gasteiger charge is 2.37. The Balaban J connectivity index is 1.68. The van der Waals surface area contributed by atoms with Gasteiger partial charge in [-0.3, -0.25) is 10.1 Å². The molecule has 7 nitrogen and oxygen atoms in total. The van der Waals surface area contributed by atoms with Gasteiger partial charge in [-0.1, -0.05) is 42.7 Å². The molecule has 1 aliphatic rings. The predicted molar refractivity (Wildman–Crippen MR) is 106 cm³/mol. The first kappa shape index (κ1) is 22.6. The monoisotopic (exact) mass is 462 g/mol. The van der Waals surface area contributed by atoms with Gasteiger partial charge < -0.3 is 0 Å². The zero-order valence-corrected chi connectivity index (χ0v) is 17.7. The third kappa shape index (κ3) is 5.35. The van der Waals surface area contributed by atoms with Crippen LogP contribution in [0.1, 0.15) is 55.5 Å². The number of hydrogen-bond acceptors (Lipinski definition) is 6. The topological polar surface area (TPSA) is 101 Å². The molecule has 164 valence electrons. The van der Waals surface area contributed by atoms with Gasteiger partial charge in [0.15, 0.2) is 0 Å². The number of hydrogen-bond donors (Lipinski definition) is 2. The molecule has 1 amide bonds. The van der Waals surface area contributed by atoms with Crippen molar-refractivity contribution in [2.24, 2.45) is 0 Å². The van der Waals surface area contributed by atoms with Crippen LogP contribution in [-0.4, -0.2) is 30.6 Å². The van der Waals surface area contributed by atoms with Crippen molar-refractivity contribution in [3.05, 3.63) is 34.8 Å². The quantitative estimate of drug-likeness (QED) is 0.678. The van der Waals surface area contributed by atoms with Gasteiger partial charge in [0.05, 0.1) is 16.5 Å². The average Bonchev–Trinajstić information content (AvgIpc) is 3.16. The van der Waals surface area contributed by atoms with E-state index < -0.39 is 38.6 Å². The summed E-state index contributed by atoms with van der Waals surface area (Å²) < 4.78 is 66.3. The van der Waals surface area contributed by atoms with Crippen LogP contribution in [0.4, 0.5) is 18.3 Å². The summed E-state index contributed by atoms with van der Waals surface area (Å²) in [7, 11) is -4.59. The summed E-state index contributed by atoms with van der Waals surface area (Å²) in [5.74, 6) is -0.439. The number of halogens is 3. The molecule has 0 bridgehead atoms. The number of carbonyl (C=O) groups is 1. The standard InChI is InChI=1S/C18H21F3N4O3S2/c1-11(25-30(27,28)14-10-6-5-9-13(14)18(19,20)21)15(26)22-17-24-23-16(29-17)12-7-3-2-4-8-12/h5-6,9-12,25H,2-4,7-8H2,1H3,(H,22,24,26). The molecule has 0 spiro atoms. The van der Waals surface area contributed by atoms with Crippen LogP contribution in [0.2, 0.25) is 0 Å². The van der Waals surface area contributed by atoms with Crippen molar-refractivity contribution in [2.75, 3.05) is 5.32 Å². The largest absolute Gasteiger partial charge is 0.417 e. The second kappa shape index (κ2) is 8.98. The molecule has 1 aliphatic carbocycles. The third-order valence-electron chi connectivity index (χ3n) is 4.83. The number of amides is 1. The Morgan fingerprint density at radius 1 is 1.17 bits per heavy atom. The summed E-state index contributed by atoms with van der Waals surface area (Å²) >= 11 is 1.23. The zero-order valence-electron chi connectivity index (χ0n) is 16.1. The minimum absolute atomic E-state index is 0.224. The van der Waals surface area contributed by atoms with Gasteiger partial charge in [-0.25, -0.2) is 8.42 Å². The molecule has 2 N–H and O–H groups in total. The number of aromatic nitrogens is 2. The highest BCUT2D eigenvalue weighted by atomic mass is 32.2. The van der Waals surface area contributed by atoms with E-state index in [9.17, 15) is 26.4 Å². The van der Waals surface area contributed by atoms with Crippen molar-refractivity contribution in [1.82, 2.24) is 14.9 Å². The van der Waals surface area contributed by atoms with Crippen LogP contribution in [0.3, 0.4) is 0 Å². The van der Waals surface area contributed by atoms with Crippen LogP contribution in [-0.2, 0) is 21.0 Å². The second-order valence-corrected chi connectivity index (χ2v) is 9.80. The lowest BCUT2D eigenvalue weighted by Gasteiger charge is -2.18. The number of sulfonamides is 1. The Morgan fingerprint density at radius 3 is 2.50 bits per heavy atom. The van der Waals surface area contributed by atoms with Crippen molar-refractivity contribution in [3.8, 4) is 0 Å². The molecular formula is C18H21F3N4O3S2. The number of benzene rings is 1. The summed E-state index contributed by atoms with van der Waals surface area (Å²) in [6.07, 6.45) is 0.593. The molecule has 3 rings (SSSR count). The first-order valence-electron chi connectivity index (χ1n) is 9.41. The Hall–Kier alpha value is -2.05. The summed E-state index contributed by atoms with van der Waals surface area (Å²) in [4.78, 5) is 11.4. The van der Waals surface area contributed by atoms with Crippen molar-refractivity contribution >= 4 is 32.4 Å². The van der Waals surface area contributed by atoms with Crippen LogP contribution in [0.5, 0.6) is 0 Å². The maximum absolute atomic E-state index is 13.1. The van der Waals surface area contributed by atoms with E-state index in [1.807, 2.05) is 4.72 Å². The molecule has 1 saturated carbocycles. The Morgan fingerprint density at radius 2 is 1.83 bits per heavy atom. The highest BCUT2D eigenvalue weighted by molar-refractivity contribution is 7.89. The molecule has 30 heavy (non-hydrogen) atoms. The van der Waals surface area contributed by atoms with Crippen LogP contribution in [0.25, 0.3) is 0 Å². The minimum atomic E-state index is -4.85. The van der Waals surface area contributed by atoms with E-state index >= 15 is 0 Å². The summed E-state index contributed by atoms with van der Waals surface area (Å²) in [6.45, 7) is 1.24. The number of nitrogens with one attached hydrogen (secondary N) is 2. The predicted octanol–water partition coefficient (Wildman–Crippen LogP) is 3.91. The van der Waals surface area contributed by atoms with E-state index in [4.69, 9.17) is 0 Å². The fraction of sp³-hybridized carbons (Fsp3) is 0.500. The molecule has 0 saturated heterocycles. The summed E-state index contributed by atoms with van der Waals surface area (Å²) in [6, 6.07) is 2.47. The maximum Gasteiger partial charge on any atom is 0.417 e. The van der Waals surface area contributed by atoms with Gasteiger partial charge in [0, 0.05) is 5.92 Å². The van der Waals surface area contributed by atoms with Crippen LogP contribution >= 0.6 is 11.3 Å². The second-order valence-electron chi connectivity index (χ2n) is 7.11. The van der Waals surface area contributed by atoms with Gasteiger partial charge in [-0.05, 0) is 31.9 Å². The minimum Gasteiger partial charge on any atom is -0.299 e. The van der Waals surface area contributed by atoms with Crippen LogP contribution < -0.4 is 10.0 Å². The van der Waals surface area contributed by atoms with Crippen molar-refractivity contribution in [3.63, 3.8) is 0 Å². The maximum atomic E-state index is 13.1. The van der Waals surface area contributed by atoms with E-state index in [-0.39, 0.29) is 5.13 Å². The van der Waals surface area contributed by atoms with E-state index in [0.717, 1.165) is 42.8 Å². The number of nitrogens with zero attached hydrogens (tertiary/aromatic N) is 2. The molecule has 1 heterocycles. The molecule has 1 unspecified atom stereocenters. The first-order valence-corrected chi connectivity index (χ1v) is 11.7. The number of anilines is 1. The molecule has 1 aromatic carbocycles. The van der Waals surface area contributed by atoms with E-state index in [0.29, 0.717) is 12.0 Å². The van der Waals surface area contributed by atoms with Crippen molar-refractivity contribution in [2.45, 2.75) is 62.1 Å². The Kier molecular flexibility index (Phi) is 6.78. The molecule has 2 aromatic rings. The lowest BCUT2D eigenvalue weighted by Crippen LogP contribution is -2.42. The van der Waals surface area contributed by atoms with Crippen molar-refractivity contribution in [1.29, 1.82) is 0 Å². The van der Waals surface area contributed by atoms with E-state index in [1.165, 1.54) is 30.7 Å². The van der Waals surface area contributed by atoms with Gasteiger partial charge in [0.2, 0.25) is 21.1 Å². The normalized spacial score (nSPS) is 16.9. The Labute approximate surface area is 176 Å². The van der Waals surface area contributed by atoms with Gasteiger partial charge >= 0.3 is 6.18 Å². The summed E-state index contributed by atoms with van der Waals surface area (Å²) in [5.41, 5.74) is -1.30. The number of alkyl halides is 3. The lowest BCUT2D eigenvalue weighted by molar-refractivity contribution is -0.139. The van der Waals surface area contributed by atoms with Gasteiger partial charge in [0.25, 0.3) is 0 Å². The first-order chi connectivity index (χ1) is 14.1. The average molecular weight is 463 g/mol. The fourth-order valence-electron chi connectivity index (χ4n) is 3.30. The molecule has 12 heteroatoms.